The minimum absolute atomic E-state index is 0.0340. The van der Waals surface area contributed by atoms with Crippen molar-refractivity contribution in [3.63, 3.8) is 0 Å². The molecule has 1 aromatic carbocycles. The van der Waals surface area contributed by atoms with Gasteiger partial charge in [0.1, 0.15) is 17.3 Å². The van der Waals surface area contributed by atoms with Gasteiger partial charge in [-0.25, -0.2) is 13.1 Å². The zero-order valence-corrected chi connectivity index (χ0v) is 19.2. The molecule has 10 nitrogen and oxygen atoms in total. The lowest BCUT2D eigenvalue weighted by molar-refractivity contribution is -0.385. The number of sulfonamides is 1. The number of non-ortho nitro benzene ring substituents is 1. The zero-order chi connectivity index (χ0) is 25.6. The summed E-state index contributed by atoms with van der Waals surface area (Å²) in [5, 5.41) is 10.7. The number of aromatic nitrogens is 1. The molecule has 0 saturated heterocycles. The van der Waals surface area contributed by atoms with E-state index in [1.165, 1.54) is 6.26 Å². The molecule has 0 fully saturated rings. The summed E-state index contributed by atoms with van der Waals surface area (Å²) in [5.41, 5.74) is -1.50. The fourth-order valence-electron chi connectivity index (χ4n) is 2.68. The zero-order valence-electron chi connectivity index (χ0n) is 17.6. The molecule has 0 aliphatic carbocycles. The maximum Gasteiger partial charge on any atom is 0.416 e. The number of halogens is 4. The lowest BCUT2D eigenvalue weighted by Crippen LogP contribution is -2.26. The molecule has 35 heavy (non-hydrogen) atoms. The van der Waals surface area contributed by atoms with Gasteiger partial charge in [0.25, 0.3) is 5.69 Å². The highest BCUT2D eigenvalue weighted by Crippen LogP contribution is 2.33. The standard InChI is InChI=1S/C20H17ClF3N3O7S/c21-16-5-4-14(27(28)29)11-17(16)35(30,31)25-6-2-8-33-18-9-13(20(22,23)24)10-19(26-18)34-12-15-3-1-7-32-15/h1,3-5,7,9-11,25H,2,6,8,12H2. The monoisotopic (exact) mass is 535 g/mol. The van der Waals surface area contributed by atoms with Crippen LogP contribution in [0.15, 0.2) is 58.0 Å². The third-order valence-corrected chi connectivity index (χ3v) is 6.27. The number of nitrogens with zero attached hydrogens (tertiary/aromatic N) is 2. The van der Waals surface area contributed by atoms with E-state index in [1.807, 2.05) is 0 Å². The third-order valence-electron chi connectivity index (χ3n) is 4.33. The topological polar surface area (TPSA) is 134 Å². The Bertz CT molecular complexity index is 1290. The van der Waals surface area contributed by atoms with Crippen molar-refractivity contribution in [3.05, 3.63) is 75.2 Å². The predicted octanol–water partition coefficient (Wildman–Crippen LogP) is 4.58. The van der Waals surface area contributed by atoms with Crippen molar-refractivity contribution in [2.24, 2.45) is 0 Å². The van der Waals surface area contributed by atoms with Crippen LogP contribution in [-0.2, 0) is 22.8 Å². The van der Waals surface area contributed by atoms with Crippen LogP contribution in [0.25, 0.3) is 0 Å². The Morgan fingerprint density at radius 3 is 2.49 bits per heavy atom. The summed E-state index contributed by atoms with van der Waals surface area (Å²) < 4.78 is 82.2. The van der Waals surface area contributed by atoms with Gasteiger partial charge in [0, 0.05) is 30.8 Å². The Labute approximate surface area is 201 Å². The van der Waals surface area contributed by atoms with Gasteiger partial charge in [-0.1, -0.05) is 11.6 Å². The molecular formula is C20H17ClF3N3O7S. The van der Waals surface area contributed by atoms with E-state index in [2.05, 4.69) is 9.71 Å². The molecule has 0 unspecified atom stereocenters. The Morgan fingerprint density at radius 1 is 1.14 bits per heavy atom. The fourth-order valence-corrected chi connectivity index (χ4v) is 4.27. The van der Waals surface area contributed by atoms with Crippen LogP contribution in [0.5, 0.6) is 11.8 Å². The second-order valence-electron chi connectivity index (χ2n) is 6.87. The van der Waals surface area contributed by atoms with Gasteiger partial charge in [0.15, 0.2) is 0 Å². The number of hydrogen-bond donors (Lipinski definition) is 1. The number of benzene rings is 1. The first kappa shape index (κ1) is 26.2. The normalized spacial score (nSPS) is 11.9. The van der Waals surface area contributed by atoms with Crippen LogP contribution in [-0.4, -0.2) is 31.5 Å². The Hall–Kier alpha value is -3.36. The Morgan fingerprint density at radius 2 is 1.86 bits per heavy atom. The van der Waals surface area contributed by atoms with Gasteiger partial charge in [-0.05, 0) is 24.6 Å². The fraction of sp³-hybridized carbons (Fsp3) is 0.250. The molecule has 1 N–H and O–H groups in total. The molecule has 0 atom stereocenters. The van der Waals surface area contributed by atoms with Crippen LogP contribution in [0.2, 0.25) is 5.02 Å². The van der Waals surface area contributed by atoms with E-state index in [0.29, 0.717) is 17.9 Å². The molecule has 3 aromatic rings. The minimum atomic E-state index is -4.68. The summed E-state index contributed by atoms with van der Waals surface area (Å²) >= 11 is 5.85. The van der Waals surface area contributed by atoms with Crippen LogP contribution in [0.4, 0.5) is 18.9 Å². The van der Waals surface area contributed by atoms with Crippen molar-refractivity contribution in [2.45, 2.75) is 24.1 Å². The summed E-state index contributed by atoms with van der Waals surface area (Å²) in [6.07, 6.45) is -3.27. The van der Waals surface area contributed by atoms with Crippen LogP contribution >= 0.6 is 11.6 Å². The van der Waals surface area contributed by atoms with E-state index in [-0.39, 0.29) is 43.0 Å². The molecule has 188 valence electrons. The van der Waals surface area contributed by atoms with E-state index < -0.39 is 37.3 Å². The van der Waals surface area contributed by atoms with Crippen LogP contribution in [0.1, 0.15) is 17.7 Å². The van der Waals surface area contributed by atoms with Crippen molar-refractivity contribution in [1.82, 2.24) is 9.71 Å². The lowest BCUT2D eigenvalue weighted by Gasteiger charge is -2.13. The SMILES string of the molecule is O=[N+]([O-])c1ccc(Cl)c(S(=O)(=O)NCCCOc2cc(C(F)(F)F)cc(OCc3ccco3)n2)c1. The quantitative estimate of drug-likeness (QED) is 0.214. The average Bonchev–Trinajstić information content (AvgIpc) is 3.30. The molecule has 0 saturated carbocycles. The molecule has 2 heterocycles. The maximum atomic E-state index is 13.2. The molecule has 0 aliphatic rings. The highest BCUT2D eigenvalue weighted by atomic mass is 35.5. The van der Waals surface area contributed by atoms with Gasteiger partial charge in [-0.3, -0.25) is 10.1 Å². The van der Waals surface area contributed by atoms with E-state index in [0.717, 1.165) is 18.2 Å². The van der Waals surface area contributed by atoms with E-state index in [9.17, 15) is 31.7 Å². The van der Waals surface area contributed by atoms with E-state index >= 15 is 0 Å². The summed E-state index contributed by atoms with van der Waals surface area (Å²) in [5.74, 6) is -0.339. The first-order valence-electron chi connectivity index (χ1n) is 9.76. The Balaban J connectivity index is 1.60. The van der Waals surface area contributed by atoms with Gasteiger partial charge in [-0.2, -0.15) is 18.2 Å². The Kier molecular flexibility index (Phi) is 8.19. The summed E-state index contributed by atoms with van der Waals surface area (Å²) in [6.45, 7) is -0.540. The molecule has 3 rings (SSSR count). The number of nitrogens with one attached hydrogen (secondary N) is 1. The number of furan rings is 1. The van der Waals surface area contributed by atoms with Crippen molar-refractivity contribution in [3.8, 4) is 11.8 Å². The maximum absolute atomic E-state index is 13.2. The van der Waals surface area contributed by atoms with E-state index in [4.69, 9.17) is 25.5 Å². The van der Waals surface area contributed by atoms with Crippen molar-refractivity contribution >= 4 is 27.3 Å². The minimum Gasteiger partial charge on any atom is -0.478 e. The molecule has 15 heteroatoms. The number of rotatable bonds is 11. The highest BCUT2D eigenvalue weighted by molar-refractivity contribution is 7.89. The number of hydrogen-bond acceptors (Lipinski definition) is 8. The summed E-state index contributed by atoms with van der Waals surface area (Å²) in [4.78, 5) is 13.5. The molecule has 0 spiro atoms. The van der Waals surface area contributed by atoms with Crippen LogP contribution in [0.3, 0.4) is 0 Å². The molecular weight excluding hydrogens is 519 g/mol. The molecule has 0 bridgehead atoms. The van der Waals surface area contributed by atoms with Gasteiger partial charge in [-0.15, -0.1) is 0 Å². The molecule has 2 aromatic heterocycles. The number of pyridine rings is 1. The number of nitro benzene ring substituents is 1. The van der Waals surface area contributed by atoms with Crippen LogP contribution < -0.4 is 14.2 Å². The predicted molar refractivity (Wildman–Crippen MR) is 116 cm³/mol. The molecule has 0 radical (unpaired) electrons. The van der Waals surface area contributed by atoms with Gasteiger partial charge in [0.2, 0.25) is 21.8 Å². The second-order valence-corrected chi connectivity index (χ2v) is 9.01. The van der Waals surface area contributed by atoms with Crippen molar-refractivity contribution in [2.75, 3.05) is 13.2 Å². The van der Waals surface area contributed by atoms with Crippen molar-refractivity contribution in [1.29, 1.82) is 0 Å². The lowest BCUT2D eigenvalue weighted by atomic mass is 10.2. The number of nitro groups is 1. The average molecular weight is 536 g/mol. The second kappa shape index (κ2) is 10.9. The number of alkyl halides is 3. The van der Waals surface area contributed by atoms with Crippen LogP contribution in [0, 0.1) is 10.1 Å². The van der Waals surface area contributed by atoms with Gasteiger partial charge in [0.05, 0.1) is 28.4 Å². The molecule has 0 amide bonds. The third kappa shape index (κ3) is 7.31. The largest absolute Gasteiger partial charge is 0.478 e. The highest BCUT2D eigenvalue weighted by Gasteiger charge is 2.32. The number of ether oxygens (including phenoxy) is 2. The van der Waals surface area contributed by atoms with Gasteiger partial charge >= 0.3 is 6.18 Å². The first-order chi connectivity index (χ1) is 16.5. The van der Waals surface area contributed by atoms with Gasteiger partial charge < -0.3 is 13.9 Å². The summed E-state index contributed by atoms with van der Waals surface area (Å²) in [7, 11) is -4.19. The van der Waals surface area contributed by atoms with E-state index in [1.54, 1.807) is 12.1 Å². The summed E-state index contributed by atoms with van der Waals surface area (Å²) in [6, 6.07) is 7.53. The first-order valence-corrected chi connectivity index (χ1v) is 11.6. The smallest absolute Gasteiger partial charge is 0.416 e. The van der Waals surface area contributed by atoms with Crippen molar-refractivity contribution < 1.29 is 40.4 Å². The molecule has 0 aliphatic heterocycles.